The molecule has 3 aromatic rings. The molecular formula is C21H20F3N5O3. The number of carbonyl (C=O) groups excluding carboxylic acids is 2. The summed E-state index contributed by atoms with van der Waals surface area (Å²) in [5.41, 5.74) is 0.00839. The molecule has 0 radical (unpaired) electrons. The van der Waals surface area contributed by atoms with E-state index in [4.69, 9.17) is 4.74 Å². The Bertz CT molecular complexity index is 1110. The molecule has 3 rings (SSSR count). The number of anilines is 1. The van der Waals surface area contributed by atoms with Gasteiger partial charge in [-0.05, 0) is 37.6 Å². The number of pyridine rings is 1. The van der Waals surface area contributed by atoms with Gasteiger partial charge in [-0.25, -0.2) is 19.3 Å². The standard InChI is InChI=1S/C21H20F3N5O3/c1-3-9-25-20(31)28-15-5-4-6-16(10-15)32-19(30)17-12-27-29(13(17)2)18-8-7-14(11-26-18)21(22,23)24/h4-8,10-12H,3,9H2,1-2H3,(H2,25,28,31). The third-order valence-corrected chi connectivity index (χ3v) is 4.36. The molecule has 2 amide bonds. The minimum atomic E-state index is -4.50. The van der Waals surface area contributed by atoms with Crippen LogP contribution in [0.1, 0.15) is 35.0 Å². The number of rotatable bonds is 6. The number of hydrogen-bond acceptors (Lipinski definition) is 5. The van der Waals surface area contributed by atoms with E-state index in [9.17, 15) is 22.8 Å². The summed E-state index contributed by atoms with van der Waals surface area (Å²) in [6.45, 7) is 4.02. The normalized spacial score (nSPS) is 11.2. The van der Waals surface area contributed by atoms with Crippen LogP contribution in [0.3, 0.4) is 0 Å². The fourth-order valence-electron chi connectivity index (χ4n) is 2.73. The van der Waals surface area contributed by atoms with Gasteiger partial charge in [0.25, 0.3) is 0 Å². The fraction of sp³-hybridized carbons (Fsp3) is 0.238. The van der Waals surface area contributed by atoms with Gasteiger partial charge in [-0.1, -0.05) is 13.0 Å². The summed E-state index contributed by atoms with van der Waals surface area (Å²) in [6, 6.07) is 7.96. The van der Waals surface area contributed by atoms with Gasteiger partial charge in [-0.2, -0.15) is 18.3 Å². The molecule has 168 valence electrons. The average Bonchev–Trinajstić information content (AvgIpc) is 3.13. The number of nitrogens with one attached hydrogen (secondary N) is 2. The SMILES string of the molecule is CCCNC(=O)Nc1cccc(OC(=O)c2cnn(-c3ccc(C(F)(F)F)cn3)c2C)c1. The van der Waals surface area contributed by atoms with Crippen LogP contribution in [-0.2, 0) is 6.18 Å². The van der Waals surface area contributed by atoms with E-state index in [1.165, 1.54) is 16.9 Å². The zero-order valence-electron chi connectivity index (χ0n) is 17.2. The molecule has 2 N–H and O–H groups in total. The van der Waals surface area contributed by atoms with Crippen molar-refractivity contribution in [1.82, 2.24) is 20.1 Å². The number of hydrogen-bond donors (Lipinski definition) is 2. The minimum absolute atomic E-state index is 0.116. The second-order valence-corrected chi connectivity index (χ2v) is 6.76. The number of aromatic nitrogens is 3. The van der Waals surface area contributed by atoms with E-state index in [-0.39, 0.29) is 23.2 Å². The van der Waals surface area contributed by atoms with Crippen molar-refractivity contribution in [1.29, 1.82) is 0 Å². The fourth-order valence-corrected chi connectivity index (χ4v) is 2.73. The number of benzene rings is 1. The van der Waals surface area contributed by atoms with Crippen molar-refractivity contribution in [2.75, 3.05) is 11.9 Å². The summed E-state index contributed by atoms with van der Waals surface area (Å²) < 4.78 is 44.8. The highest BCUT2D eigenvalue weighted by molar-refractivity contribution is 5.93. The van der Waals surface area contributed by atoms with Crippen molar-refractivity contribution in [2.24, 2.45) is 0 Å². The van der Waals surface area contributed by atoms with Crippen LogP contribution >= 0.6 is 0 Å². The summed E-state index contributed by atoms with van der Waals surface area (Å²) in [7, 11) is 0. The van der Waals surface area contributed by atoms with Crippen LogP contribution in [0.2, 0.25) is 0 Å². The van der Waals surface area contributed by atoms with Crippen LogP contribution < -0.4 is 15.4 Å². The number of esters is 1. The van der Waals surface area contributed by atoms with Gasteiger partial charge in [0.05, 0.1) is 17.5 Å². The van der Waals surface area contributed by atoms with Crippen molar-refractivity contribution in [2.45, 2.75) is 26.4 Å². The molecule has 0 unspecified atom stereocenters. The van der Waals surface area contributed by atoms with Gasteiger partial charge in [0, 0.05) is 24.5 Å². The first-order chi connectivity index (χ1) is 15.2. The van der Waals surface area contributed by atoms with Crippen molar-refractivity contribution < 1.29 is 27.5 Å². The van der Waals surface area contributed by atoms with E-state index in [1.54, 1.807) is 25.1 Å². The third-order valence-electron chi connectivity index (χ3n) is 4.36. The van der Waals surface area contributed by atoms with E-state index in [2.05, 4.69) is 20.7 Å². The zero-order valence-corrected chi connectivity index (χ0v) is 17.2. The Hall–Kier alpha value is -3.89. The highest BCUT2D eigenvalue weighted by Gasteiger charge is 2.31. The van der Waals surface area contributed by atoms with Crippen LogP contribution in [0, 0.1) is 6.92 Å². The van der Waals surface area contributed by atoms with E-state index < -0.39 is 17.7 Å². The second-order valence-electron chi connectivity index (χ2n) is 6.76. The maximum absolute atomic E-state index is 12.7. The van der Waals surface area contributed by atoms with Gasteiger partial charge in [0.15, 0.2) is 5.82 Å². The second kappa shape index (κ2) is 9.50. The number of alkyl halides is 3. The highest BCUT2D eigenvalue weighted by Crippen LogP contribution is 2.29. The summed E-state index contributed by atoms with van der Waals surface area (Å²) in [4.78, 5) is 28.1. The molecule has 0 aliphatic carbocycles. The molecular weight excluding hydrogens is 427 g/mol. The predicted octanol–water partition coefficient (Wildman–Crippen LogP) is 4.35. The molecule has 0 saturated carbocycles. The molecule has 0 spiro atoms. The summed E-state index contributed by atoms with van der Waals surface area (Å²) in [6.07, 6.45) is -1.76. The monoisotopic (exact) mass is 447 g/mol. The molecule has 0 bridgehead atoms. The molecule has 0 atom stereocenters. The van der Waals surface area contributed by atoms with Gasteiger partial charge in [-0.3, -0.25) is 0 Å². The van der Waals surface area contributed by atoms with Gasteiger partial charge in [0.2, 0.25) is 0 Å². The summed E-state index contributed by atoms with van der Waals surface area (Å²) in [5, 5.41) is 9.34. The molecule has 0 saturated heterocycles. The number of nitrogens with zero attached hydrogens (tertiary/aromatic N) is 3. The number of amides is 2. The van der Waals surface area contributed by atoms with Crippen LogP contribution in [0.25, 0.3) is 5.82 Å². The van der Waals surface area contributed by atoms with E-state index in [1.807, 2.05) is 6.92 Å². The molecule has 32 heavy (non-hydrogen) atoms. The van der Waals surface area contributed by atoms with Crippen molar-refractivity contribution >= 4 is 17.7 Å². The lowest BCUT2D eigenvalue weighted by molar-refractivity contribution is -0.137. The Morgan fingerprint density at radius 2 is 1.94 bits per heavy atom. The number of ether oxygens (including phenoxy) is 1. The Kier molecular flexibility index (Phi) is 6.76. The molecule has 1 aromatic carbocycles. The minimum Gasteiger partial charge on any atom is -0.423 e. The van der Waals surface area contributed by atoms with Gasteiger partial charge >= 0.3 is 18.2 Å². The van der Waals surface area contributed by atoms with Crippen molar-refractivity contribution in [3.63, 3.8) is 0 Å². The lowest BCUT2D eigenvalue weighted by Crippen LogP contribution is -2.29. The topological polar surface area (TPSA) is 98.1 Å². The molecule has 2 heterocycles. The summed E-state index contributed by atoms with van der Waals surface area (Å²) in [5.74, 6) is -0.393. The highest BCUT2D eigenvalue weighted by atomic mass is 19.4. The van der Waals surface area contributed by atoms with Gasteiger partial charge < -0.3 is 15.4 Å². The molecule has 2 aromatic heterocycles. The van der Waals surface area contributed by atoms with Crippen molar-refractivity contribution in [3.05, 3.63) is 65.6 Å². The van der Waals surface area contributed by atoms with Gasteiger partial charge in [0.1, 0.15) is 11.3 Å². The number of halogens is 3. The van der Waals surface area contributed by atoms with E-state index in [0.29, 0.717) is 24.1 Å². The Morgan fingerprint density at radius 3 is 2.59 bits per heavy atom. The van der Waals surface area contributed by atoms with E-state index >= 15 is 0 Å². The Morgan fingerprint density at radius 1 is 1.16 bits per heavy atom. The zero-order chi connectivity index (χ0) is 23.3. The number of urea groups is 1. The first-order valence-corrected chi connectivity index (χ1v) is 9.64. The van der Waals surface area contributed by atoms with Gasteiger partial charge in [-0.15, -0.1) is 0 Å². The molecule has 11 heteroatoms. The van der Waals surface area contributed by atoms with Crippen LogP contribution in [0.5, 0.6) is 5.75 Å². The number of carbonyl (C=O) groups is 2. The quantitative estimate of drug-likeness (QED) is 0.433. The first-order valence-electron chi connectivity index (χ1n) is 9.64. The molecule has 0 aliphatic rings. The third kappa shape index (κ3) is 5.42. The first kappa shape index (κ1) is 22.8. The molecule has 8 nitrogen and oxygen atoms in total. The predicted molar refractivity (Wildman–Crippen MR) is 110 cm³/mol. The van der Waals surface area contributed by atoms with Crippen LogP contribution in [0.15, 0.2) is 48.8 Å². The maximum atomic E-state index is 12.7. The van der Waals surface area contributed by atoms with Crippen LogP contribution in [0.4, 0.5) is 23.7 Å². The molecule has 0 fully saturated rings. The summed E-state index contributed by atoms with van der Waals surface area (Å²) >= 11 is 0. The average molecular weight is 447 g/mol. The van der Waals surface area contributed by atoms with Crippen molar-refractivity contribution in [3.8, 4) is 11.6 Å². The smallest absolute Gasteiger partial charge is 0.417 e. The lowest BCUT2D eigenvalue weighted by atomic mass is 10.2. The van der Waals surface area contributed by atoms with E-state index in [0.717, 1.165) is 18.6 Å². The maximum Gasteiger partial charge on any atom is 0.417 e. The largest absolute Gasteiger partial charge is 0.423 e. The van der Waals surface area contributed by atoms with Crippen LogP contribution in [-0.4, -0.2) is 33.3 Å². The molecule has 0 aliphatic heterocycles. The Balaban J connectivity index is 1.72. The Labute approximate surface area is 181 Å². The lowest BCUT2D eigenvalue weighted by Gasteiger charge is -2.09.